The van der Waals surface area contributed by atoms with Crippen LogP contribution in [0, 0.1) is 11.8 Å². The Morgan fingerprint density at radius 2 is 2.00 bits per heavy atom. The fourth-order valence-corrected chi connectivity index (χ4v) is 2.91. The summed E-state index contributed by atoms with van der Waals surface area (Å²) in [7, 11) is 2.25. The molecule has 1 aliphatic heterocycles. The van der Waals surface area contributed by atoms with Gasteiger partial charge in [0.25, 0.3) is 0 Å². The highest BCUT2D eigenvalue weighted by atomic mass is 15.2. The molecular formula is C14H28N2. The molecule has 1 N–H and O–H groups in total. The van der Waals surface area contributed by atoms with Gasteiger partial charge in [0, 0.05) is 18.6 Å². The fraction of sp³-hybridized carbons (Fsp3) is 1.00. The minimum Gasteiger partial charge on any atom is -0.314 e. The summed E-state index contributed by atoms with van der Waals surface area (Å²) in [5.74, 6) is 1.90. The highest BCUT2D eigenvalue weighted by Gasteiger charge is 2.28. The van der Waals surface area contributed by atoms with Gasteiger partial charge in [-0.1, -0.05) is 19.8 Å². The van der Waals surface area contributed by atoms with Gasteiger partial charge >= 0.3 is 0 Å². The monoisotopic (exact) mass is 224 g/mol. The number of rotatable bonds is 5. The lowest BCUT2D eigenvalue weighted by Crippen LogP contribution is -2.51. The highest BCUT2D eigenvalue weighted by molar-refractivity contribution is 4.86. The Balaban J connectivity index is 1.63. The van der Waals surface area contributed by atoms with Gasteiger partial charge in [-0.25, -0.2) is 0 Å². The lowest BCUT2D eigenvalue weighted by molar-refractivity contribution is 0.121. The van der Waals surface area contributed by atoms with Gasteiger partial charge < -0.3 is 10.2 Å². The first-order valence-electron chi connectivity index (χ1n) is 7.10. The van der Waals surface area contributed by atoms with Crippen molar-refractivity contribution in [1.82, 2.24) is 10.2 Å². The molecule has 3 unspecified atom stereocenters. The van der Waals surface area contributed by atoms with Crippen LogP contribution in [0.1, 0.15) is 46.0 Å². The van der Waals surface area contributed by atoms with Gasteiger partial charge in [0.15, 0.2) is 0 Å². The Kier molecular flexibility index (Phi) is 4.26. The zero-order chi connectivity index (χ0) is 11.5. The number of nitrogens with zero attached hydrogens (tertiary/aromatic N) is 1. The summed E-state index contributed by atoms with van der Waals surface area (Å²) < 4.78 is 0. The van der Waals surface area contributed by atoms with Crippen molar-refractivity contribution in [3.63, 3.8) is 0 Å². The Hall–Kier alpha value is -0.0800. The van der Waals surface area contributed by atoms with Crippen molar-refractivity contribution in [1.29, 1.82) is 0 Å². The van der Waals surface area contributed by atoms with E-state index in [4.69, 9.17) is 0 Å². The summed E-state index contributed by atoms with van der Waals surface area (Å²) in [6.45, 7) is 7.23. The van der Waals surface area contributed by atoms with Crippen LogP contribution in [0.25, 0.3) is 0 Å². The minimum absolute atomic E-state index is 0.747. The second kappa shape index (κ2) is 5.50. The van der Waals surface area contributed by atoms with Crippen molar-refractivity contribution in [2.75, 3.05) is 20.1 Å². The third kappa shape index (κ3) is 3.46. The smallest absolute Gasteiger partial charge is 0.0120 e. The first-order chi connectivity index (χ1) is 7.66. The number of nitrogens with one attached hydrogen (secondary N) is 1. The van der Waals surface area contributed by atoms with Crippen molar-refractivity contribution >= 4 is 0 Å². The molecule has 2 fully saturated rings. The van der Waals surface area contributed by atoms with Crippen LogP contribution in [0.15, 0.2) is 0 Å². The number of hydrogen-bond donors (Lipinski definition) is 1. The maximum atomic E-state index is 3.78. The largest absolute Gasteiger partial charge is 0.314 e. The standard InChI is InChI=1S/C14H28N2/c1-11-10-16(3)12(2)9-14(11)15-8-4-5-13-6-7-13/h11-15H,4-10H2,1-3H3. The molecular weight excluding hydrogens is 196 g/mol. The lowest BCUT2D eigenvalue weighted by Gasteiger charge is -2.40. The van der Waals surface area contributed by atoms with Gasteiger partial charge in [0.1, 0.15) is 0 Å². The second-order valence-electron chi connectivity index (χ2n) is 6.15. The maximum absolute atomic E-state index is 3.78. The van der Waals surface area contributed by atoms with Crippen LogP contribution in [-0.4, -0.2) is 37.1 Å². The second-order valence-corrected chi connectivity index (χ2v) is 6.15. The number of piperidine rings is 1. The molecule has 2 aliphatic rings. The molecule has 0 aromatic carbocycles. The van der Waals surface area contributed by atoms with E-state index in [-0.39, 0.29) is 0 Å². The molecule has 1 heterocycles. The predicted molar refractivity (Wildman–Crippen MR) is 69.6 cm³/mol. The maximum Gasteiger partial charge on any atom is 0.0120 e. The molecule has 1 saturated carbocycles. The minimum atomic E-state index is 0.747. The van der Waals surface area contributed by atoms with Crippen LogP contribution in [0.3, 0.4) is 0 Å². The molecule has 0 spiro atoms. The average molecular weight is 224 g/mol. The first kappa shape index (κ1) is 12.4. The van der Waals surface area contributed by atoms with Crippen LogP contribution in [0.5, 0.6) is 0 Å². The molecule has 16 heavy (non-hydrogen) atoms. The lowest BCUT2D eigenvalue weighted by atomic mass is 9.90. The van der Waals surface area contributed by atoms with Gasteiger partial charge in [0.05, 0.1) is 0 Å². The molecule has 2 heteroatoms. The van der Waals surface area contributed by atoms with Crippen LogP contribution in [0.2, 0.25) is 0 Å². The summed E-state index contributed by atoms with van der Waals surface area (Å²) in [6, 6.07) is 1.50. The normalized spacial score (nSPS) is 36.6. The van der Waals surface area contributed by atoms with E-state index in [0.717, 1.165) is 23.9 Å². The SMILES string of the molecule is CC1CN(C)C(C)CC1NCCCC1CC1. The number of likely N-dealkylation sites (tertiary alicyclic amines) is 1. The van der Waals surface area contributed by atoms with Gasteiger partial charge in [-0.3, -0.25) is 0 Å². The topological polar surface area (TPSA) is 15.3 Å². The van der Waals surface area contributed by atoms with E-state index in [1.807, 2.05) is 0 Å². The molecule has 0 bridgehead atoms. The molecule has 0 radical (unpaired) electrons. The van der Waals surface area contributed by atoms with E-state index in [2.05, 4.69) is 31.1 Å². The van der Waals surface area contributed by atoms with E-state index in [1.165, 1.54) is 45.2 Å². The Morgan fingerprint density at radius 3 is 2.69 bits per heavy atom. The average Bonchev–Trinajstić information content (AvgIpc) is 3.04. The van der Waals surface area contributed by atoms with E-state index in [9.17, 15) is 0 Å². The zero-order valence-corrected chi connectivity index (χ0v) is 11.2. The Labute approximate surface area is 101 Å². The Bertz CT molecular complexity index is 213. The molecule has 0 aromatic rings. The van der Waals surface area contributed by atoms with E-state index >= 15 is 0 Å². The van der Waals surface area contributed by atoms with Gasteiger partial charge in [-0.05, 0) is 51.6 Å². The van der Waals surface area contributed by atoms with E-state index in [0.29, 0.717) is 0 Å². The first-order valence-corrected chi connectivity index (χ1v) is 7.10. The van der Waals surface area contributed by atoms with Crippen LogP contribution in [0.4, 0.5) is 0 Å². The molecule has 2 nitrogen and oxygen atoms in total. The summed E-state index contributed by atoms with van der Waals surface area (Å²) in [6.07, 6.45) is 7.17. The van der Waals surface area contributed by atoms with Crippen LogP contribution < -0.4 is 5.32 Å². The van der Waals surface area contributed by atoms with Crippen molar-refractivity contribution in [2.24, 2.45) is 11.8 Å². The fourth-order valence-electron chi connectivity index (χ4n) is 2.91. The van der Waals surface area contributed by atoms with E-state index < -0.39 is 0 Å². The molecule has 1 saturated heterocycles. The summed E-state index contributed by atoms with van der Waals surface area (Å²) in [5, 5.41) is 3.78. The zero-order valence-electron chi connectivity index (χ0n) is 11.2. The van der Waals surface area contributed by atoms with Gasteiger partial charge in [-0.15, -0.1) is 0 Å². The summed E-state index contributed by atoms with van der Waals surface area (Å²) >= 11 is 0. The summed E-state index contributed by atoms with van der Waals surface area (Å²) in [5.41, 5.74) is 0. The van der Waals surface area contributed by atoms with Crippen molar-refractivity contribution < 1.29 is 0 Å². The van der Waals surface area contributed by atoms with Crippen molar-refractivity contribution in [3.05, 3.63) is 0 Å². The molecule has 1 aliphatic carbocycles. The molecule has 0 amide bonds. The molecule has 94 valence electrons. The van der Waals surface area contributed by atoms with E-state index in [1.54, 1.807) is 0 Å². The predicted octanol–water partition coefficient (Wildman–Crippen LogP) is 2.49. The third-order valence-electron chi connectivity index (χ3n) is 4.50. The number of hydrogen-bond acceptors (Lipinski definition) is 2. The Morgan fingerprint density at radius 1 is 1.25 bits per heavy atom. The highest BCUT2D eigenvalue weighted by Crippen LogP contribution is 2.33. The molecule has 0 aromatic heterocycles. The summed E-state index contributed by atoms with van der Waals surface area (Å²) in [4.78, 5) is 2.49. The van der Waals surface area contributed by atoms with Crippen LogP contribution >= 0.6 is 0 Å². The van der Waals surface area contributed by atoms with Crippen LogP contribution in [-0.2, 0) is 0 Å². The van der Waals surface area contributed by atoms with Gasteiger partial charge in [0.2, 0.25) is 0 Å². The van der Waals surface area contributed by atoms with Crippen molar-refractivity contribution in [3.8, 4) is 0 Å². The third-order valence-corrected chi connectivity index (χ3v) is 4.50. The molecule has 3 atom stereocenters. The van der Waals surface area contributed by atoms with Crippen molar-refractivity contribution in [2.45, 2.75) is 58.0 Å². The van der Waals surface area contributed by atoms with Gasteiger partial charge in [-0.2, -0.15) is 0 Å². The quantitative estimate of drug-likeness (QED) is 0.722. The molecule has 2 rings (SSSR count).